The Kier molecular flexibility index (Phi) is 5.14. The highest BCUT2D eigenvalue weighted by Crippen LogP contribution is 2.33. The zero-order valence-corrected chi connectivity index (χ0v) is 16.0. The molecule has 30 heavy (non-hydrogen) atoms. The van der Waals surface area contributed by atoms with Crippen molar-refractivity contribution in [1.82, 2.24) is 10.2 Å². The molecule has 1 N–H and O–H groups in total. The second-order valence-corrected chi connectivity index (χ2v) is 7.19. The number of carbonyl (C=O) groups excluding carboxylic acids is 3. The molecule has 1 aliphatic heterocycles. The van der Waals surface area contributed by atoms with E-state index in [1.165, 1.54) is 18.2 Å². The first-order chi connectivity index (χ1) is 14.5. The van der Waals surface area contributed by atoms with Gasteiger partial charge in [0.1, 0.15) is 5.82 Å². The fourth-order valence-electron chi connectivity index (χ4n) is 3.71. The van der Waals surface area contributed by atoms with Gasteiger partial charge in [-0.2, -0.15) is 0 Å². The van der Waals surface area contributed by atoms with Crippen LogP contribution in [0.1, 0.15) is 21.5 Å². The minimum Gasteiger partial charge on any atom is -0.319 e. The van der Waals surface area contributed by atoms with Crippen molar-refractivity contribution in [3.05, 3.63) is 107 Å². The number of halogens is 1. The first-order valence-electron chi connectivity index (χ1n) is 9.52. The standard InChI is InChI=1S/C24H19FN2O3/c25-20-13-7-10-18(14-20)21(28)16-27-22(29)24(26-23(27)30,19-11-5-2-6-12-19)15-17-8-3-1-4-9-17/h1-14H,15-16H2,(H,26,30)/t24-/m1/s1. The minimum absolute atomic E-state index is 0.107. The van der Waals surface area contributed by atoms with Gasteiger partial charge in [-0.15, -0.1) is 0 Å². The Bertz CT molecular complexity index is 1100. The van der Waals surface area contributed by atoms with Crippen molar-refractivity contribution >= 4 is 17.7 Å². The van der Waals surface area contributed by atoms with E-state index in [4.69, 9.17) is 0 Å². The molecule has 3 amide bonds. The predicted molar refractivity (Wildman–Crippen MR) is 109 cm³/mol. The van der Waals surface area contributed by atoms with Crippen LogP contribution in [-0.4, -0.2) is 29.2 Å². The number of nitrogens with zero attached hydrogens (tertiary/aromatic N) is 1. The van der Waals surface area contributed by atoms with Gasteiger partial charge in [-0.3, -0.25) is 14.5 Å². The van der Waals surface area contributed by atoms with E-state index in [0.29, 0.717) is 5.56 Å². The summed E-state index contributed by atoms with van der Waals surface area (Å²) in [7, 11) is 0. The summed E-state index contributed by atoms with van der Waals surface area (Å²) in [5.41, 5.74) is 0.291. The lowest BCUT2D eigenvalue weighted by Gasteiger charge is -2.27. The number of Topliss-reactive ketones (excluding diaryl/α,β-unsaturated/α-hetero) is 1. The average molecular weight is 402 g/mol. The summed E-state index contributed by atoms with van der Waals surface area (Å²) >= 11 is 0. The SMILES string of the molecule is O=C(CN1C(=O)N[C@](Cc2ccccc2)(c2ccccc2)C1=O)c1cccc(F)c1. The van der Waals surface area contributed by atoms with Crippen molar-refractivity contribution in [3.8, 4) is 0 Å². The number of rotatable bonds is 6. The van der Waals surface area contributed by atoms with Gasteiger partial charge in [0.15, 0.2) is 11.3 Å². The van der Waals surface area contributed by atoms with Crippen LogP contribution in [0.15, 0.2) is 84.9 Å². The maximum absolute atomic E-state index is 13.5. The van der Waals surface area contributed by atoms with Gasteiger partial charge < -0.3 is 5.32 Å². The molecule has 1 heterocycles. The van der Waals surface area contributed by atoms with Gasteiger partial charge >= 0.3 is 6.03 Å². The third-order valence-electron chi connectivity index (χ3n) is 5.20. The second kappa shape index (κ2) is 7.91. The number of benzene rings is 3. The van der Waals surface area contributed by atoms with E-state index >= 15 is 0 Å². The molecule has 3 aromatic rings. The van der Waals surface area contributed by atoms with Crippen LogP contribution in [0.25, 0.3) is 0 Å². The number of urea groups is 1. The fraction of sp³-hybridized carbons (Fsp3) is 0.125. The van der Waals surface area contributed by atoms with Gasteiger partial charge in [-0.05, 0) is 23.3 Å². The minimum atomic E-state index is -1.32. The Balaban J connectivity index is 1.68. The molecule has 0 radical (unpaired) electrons. The number of hydrogen-bond acceptors (Lipinski definition) is 3. The first kappa shape index (κ1) is 19.5. The molecule has 1 aliphatic rings. The van der Waals surface area contributed by atoms with Gasteiger partial charge in [0.2, 0.25) is 0 Å². The van der Waals surface area contributed by atoms with Crippen LogP contribution >= 0.6 is 0 Å². The quantitative estimate of drug-likeness (QED) is 0.505. The van der Waals surface area contributed by atoms with Crippen molar-refractivity contribution in [2.24, 2.45) is 0 Å². The van der Waals surface area contributed by atoms with Crippen molar-refractivity contribution in [2.45, 2.75) is 12.0 Å². The number of imide groups is 1. The van der Waals surface area contributed by atoms with E-state index < -0.39 is 35.6 Å². The van der Waals surface area contributed by atoms with Gasteiger partial charge in [0, 0.05) is 12.0 Å². The normalized spacial score (nSPS) is 18.4. The Hall–Kier alpha value is -3.80. The molecule has 1 atom stereocenters. The monoisotopic (exact) mass is 402 g/mol. The highest BCUT2D eigenvalue weighted by molar-refractivity contribution is 6.11. The van der Waals surface area contributed by atoms with Crippen molar-refractivity contribution in [2.75, 3.05) is 6.54 Å². The van der Waals surface area contributed by atoms with Crippen molar-refractivity contribution < 1.29 is 18.8 Å². The predicted octanol–water partition coefficient (Wildman–Crippen LogP) is 3.70. The molecule has 5 nitrogen and oxygen atoms in total. The van der Waals surface area contributed by atoms with Gasteiger partial charge in [0.25, 0.3) is 5.91 Å². The van der Waals surface area contributed by atoms with Crippen LogP contribution in [0.2, 0.25) is 0 Å². The number of ketones is 1. The smallest absolute Gasteiger partial charge is 0.319 e. The molecule has 0 bridgehead atoms. The number of amides is 3. The van der Waals surface area contributed by atoms with E-state index in [1.54, 1.807) is 24.3 Å². The van der Waals surface area contributed by atoms with E-state index in [0.717, 1.165) is 16.5 Å². The fourth-order valence-corrected chi connectivity index (χ4v) is 3.71. The largest absolute Gasteiger partial charge is 0.325 e. The lowest BCUT2D eigenvalue weighted by Crippen LogP contribution is -2.46. The Morgan fingerprint density at radius 1 is 0.900 bits per heavy atom. The van der Waals surface area contributed by atoms with Crippen LogP contribution < -0.4 is 5.32 Å². The van der Waals surface area contributed by atoms with Crippen LogP contribution in [0.4, 0.5) is 9.18 Å². The molecule has 0 unspecified atom stereocenters. The summed E-state index contributed by atoms with van der Waals surface area (Å²) in [6.45, 7) is -0.461. The molecule has 0 aliphatic carbocycles. The molecule has 4 rings (SSSR count). The third-order valence-corrected chi connectivity index (χ3v) is 5.20. The van der Waals surface area contributed by atoms with E-state index in [1.807, 2.05) is 36.4 Å². The Morgan fingerprint density at radius 3 is 2.23 bits per heavy atom. The molecule has 1 fully saturated rings. The highest BCUT2D eigenvalue weighted by atomic mass is 19.1. The number of hydrogen-bond donors (Lipinski definition) is 1. The maximum atomic E-state index is 13.5. The summed E-state index contributed by atoms with van der Waals surface area (Å²) < 4.78 is 13.5. The number of nitrogens with one attached hydrogen (secondary N) is 1. The number of carbonyl (C=O) groups is 3. The molecule has 0 spiro atoms. The molecule has 1 saturated heterocycles. The summed E-state index contributed by atoms with van der Waals surface area (Å²) in [4.78, 5) is 39.8. The van der Waals surface area contributed by atoms with Crippen LogP contribution in [0.5, 0.6) is 0 Å². The molecule has 0 saturated carbocycles. The van der Waals surface area contributed by atoms with Gasteiger partial charge in [0.05, 0.1) is 6.54 Å². The molecular weight excluding hydrogens is 383 g/mol. The maximum Gasteiger partial charge on any atom is 0.325 e. The first-order valence-corrected chi connectivity index (χ1v) is 9.52. The van der Waals surface area contributed by atoms with Gasteiger partial charge in [-0.1, -0.05) is 72.8 Å². The van der Waals surface area contributed by atoms with E-state index in [2.05, 4.69) is 5.32 Å². The second-order valence-electron chi connectivity index (χ2n) is 7.19. The van der Waals surface area contributed by atoms with Crippen LogP contribution in [0.3, 0.4) is 0 Å². The average Bonchev–Trinajstić information content (AvgIpc) is 3.00. The summed E-state index contributed by atoms with van der Waals surface area (Å²) in [6, 6.07) is 22.9. The topological polar surface area (TPSA) is 66.5 Å². The van der Waals surface area contributed by atoms with Crippen LogP contribution in [0, 0.1) is 5.82 Å². The molecule has 6 heteroatoms. The lowest BCUT2D eigenvalue weighted by atomic mass is 9.83. The molecule has 150 valence electrons. The van der Waals surface area contributed by atoms with E-state index in [9.17, 15) is 18.8 Å². The highest BCUT2D eigenvalue weighted by Gasteiger charge is 2.52. The van der Waals surface area contributed by atoms with Crippen molar-refractivity contribution in [1.29, 1.82) is 0 Å². The lowest BCUT2D eigenvalue weighted by molar-refractivity contribution is -0.131. The van der Waals surface area contributed by atoms with Crippen molar-refractivity contribution in [3.63, 3.8) is 0 Å². The molecular formula is C24H19FN2O3. The Labute approximate surface area is 173 Å². The Morgan fingerprint density at radius 2 is 1.57 bits per heavy atom. The summed E-state index contributed by atoms with van der Waals surface area (Å²) in [5, 5.41) is 2.81. The van der Waals surface area contributed by atoms with E-state index in [-0.39, 0.29) is 12.0 Å². The molecule has 0 aromatic heterocycles. The van der Waals surface area contributed by atoms with Gasteiger partial charge in [-0.25, -0.2) is 9.18 Å². The zero-order chi connectivity index (χ0) is 21.1. The third kappa shape index (κ3) is 3.59. The van der Waals surface area contributed by atoms with Crippen LogP contribution in [-0.2, 0) is 16.8 Å². The molecule has 3 aromatic carbocycles. The zero-order valence-electron chi connectivity index (χ0n) is 16.0. The summed E-state index contributed by atoms with van der Waals surface area (Å²) in [6.07, 6.45) is 0.243. The summed E-state index contributed by atoms with van der Waals surface area (Å²) in [5.74, 6) is -1.57.